The summed E-state index contributed by atoms with van der Waals surface area (Å²) >= 11 is 0. The Kier molecular flexibility index (Phi) is 33.3. The second-order valence-corrected chi connectivity index (χ2v) is 12.2. The minimum atomic E-state index is -0.511. The Labute approximate surface area is 311 Å². The summed E-state index contributed by atoms with van der Waals surface area (Å²) in [5, 5.41) is 0. The van der Waals surface area contributed by atoms with E-state index >= 15 is 0 Å². The second-order valence-electron chi connectivity index (χ2n) is 12.2. The van der Waals surface area contributed by atoms with Crippen LogP contribution in [0.2, 0.25) is 0 Å². The number of carbonyl (C=O) groups is 1. The molecule has 0 saturated carbocycles. The molecule has 0 unspecified atom stereocenters. The molecule has 1 aromatic carbocycles. The summed E-state index contributed by atoms with van der Waals surface area (Å²) in [4.78, 5) is 13.4. The van der Waals surface area contributed by atoms with Gasteiger partial charge in [-0.1, -0.05) is 30.3 Å². The summed E-state index contributed by atoms with van der Waals surface area (Å²) in [5.41, 5.74) is 0.644. The van der Waals surface area contributed by atoms with Gasteiger partial charge in [0.15, 0.2) is 0 Å². The van der Waals surface area contributed by atoms with Gasteiger partial charge in [0.25, 0.3) is 0 Å². The van der Waals surface area contributed by atoms with E-state index in [4.69, 9.17) is 61.6 Å². The lowest BCUT2D eigenvalue weighted by atomic mass is 10.2. The molecule has 0 saturated heterocycles. The molecule has 0 heterocycles. The SMILES string of the molecule is CN(CCOCCOCCOCCOCCOCCOCCOCCOCCOCCOCCOCCOCc1ccccc1)C(=O)OC(C)(C)C. The van der Waals surface area contributed by atoms with Crippen LogP contribution in [0.3, 0.4) is 0 Å². The predicted octanol–water partition coefficient (Wildman–Crippen LogP) is 3.25. The van der Waals surface area contributed by atoms with E-state index in [0.29, 0.717) is 165 Å². The topological polar surface area (TPSA) is 140 Å². The Bertz CT molecular complexity index is 893. The average Bonchev–Trinajstić information content (AvgIpc) is 3.12. The van der Waals surface area contributed by atoms with Crippen LogP contribution in [0.4, 0.5) is 4.79 Å². The van der Waals surface area contributed by atoms with Crippen molar-refractivity contribution in [2.24, 2.45) is 0 Å². The number of carbonyl (C=O) groups excluding carboxylic acids is 1. The van der Waals surface area contributed by atoms with Crippen molar-refractivity contribution in [1.82, 2.24) is 4.90 Å². The van der Waals surface area contributed by atoms with Crippen molar-refractivity contribution < 1.29 is 66.4 Å². The Morgan fingerprint density at radius 2 is 0.712 bits per heavy atom. The molecule has 1 rings (SSSR count). The van der Waals surface area contributed by atoms with Crippen LogP contribution in [0.25, 0.3) is 0 Å². The second kappa shape index (κ2) is 36.0. The van der Waals surface area contributed by atoms with Gasteiger partial charge in [-0.3, -0.25) is 0 Å². The fraction of sp³-hybridized carbons (Fsp3) is 0.811. The zero-order valence-electron chi connectivity index (χ0n) is 32.2. The van der Waals surface area contributed by atoms with Crippen LogP contribution in [-0.4, -0.2) is 182 Å². The van der Waals surface area contributed by atoms with Gasteiger partial charge in [0.1, 0.15) is 5.60 Å². The maximum atomic E-state index is 11.9. The Morgan fingerprint density at radius 1 is 0.442 bits per heavy atom. The number of hydrogen-bond acceptors (Lipinski definition) is 14. The highest BCUT2D eigenvalue weighted by Crippen LogP contribution is 2.08. The summed E-state index contributed by atoms with van der Waals surface area (Å²) in [6.07, 6.45) is -0.365. The highest BCUT2D eigenvalue weighted by Gasteiger charge is 2.19. The molecule has 0 N–H and O–H groups in total. The van der Waals surface area contributed by atoms with Gasteiger partial charge in [-0.25, -0.2) is 4.79 Å². The molecule has 0 aromatic heterocycles. The van der Waals surface area contributed by atoms with Crippen molar-refractivity contribution in [3.05, 3.63) is 35.9 Å². The Hall–Kier alpha value is -1.99. The first-order chi connectivity index (χ1) is 25.4. The van der Waals surface area contributed by atoms with Gasteiger partial charge in [0.2, 0.25) is 0 Å². The van der Waals surface area contributed by atoms with Gasteiger partial charge < -0.3 is 66.5 Å². The minimum absolute atomic E-state index is 0.365. The van der Waals surface area contributed by atoms with Gasteiger partial charge in [-0.2, -0.15) is 0 Å². The van der Waals surface area contributed by atoms with Crippen molar-refractivity contribution in [3.8, 4) is 0 Å². The van der Waals surface area contributed by atoms with Gasteiger partial charge in [0.05, 0.1) is 159 Å². The standard InChI is InChI=1S/C37H67NO14/c1-37(2,3)52-36(39)38(4)10-11-40-12-13-41-14-15-42-16-17-43-18-19-44-20-21-45-22-23-46-24-25-47-26-27-48-28-29-49-30-31-50-32-33-51-34-35-8-6-5-7-9-35/h5-9H,10-34H2,1-4H3. The molecule has 0 radical (unpaired) electrons. The van der Waals surface area contributed by atoms with Gasteiger partial charge in [-0.15, -0.1) is 0 Å². The normalized spacial score (nSPS) is 11.7. The van der Waals surface area contributed by atoms with E-state index in [1.165, 1.54) is 4.90 Å². The largest absolute Gasteiger partial charge is 0.444 e. The molecular weight excluding hydrogens is 682 g/mol. The molecule has 0 fully saturated rings. The number of ether oxygens (including phenoxy) is 13. The van der Waals surface area contributed by atoms with Crippen molar-refractivity contribution in [2.75, 3.05) is 166 Å². The lowest BCUT2D eigenvalue weighted by Gasteiger charge is -2.24. The molecule has 304 valence electrons. The molecule has 0 aliphatic carbocycles. The van der Waals surface area contributed by atoms with Crippen molar-refractivity contribution in [1.29, 1.82) is 0 Å². The van der Waals surface area contributed by atoms with Crippen LogP contribution in [0.5, 0.6) is 0 Å². The molecule has 0 spiro atoms. The highest BCUT2D eigenvalue weighted by molar-refractivity contribution is 5.67. The summed E-state index contributed by atoms with van der Waals surface area (Å²) in [6, 6.07) is 10.1. The Balaban J connectivity index is 1.64. The average molecular weight is 750 g/mol. The van der Waals surface area contributed by atoms with E-state index < -0.39 is 5.60 Å². The Morgan fingerprint density at radius 3 is 1.00 bits per heavy atom. The van der Waals surface area contributed by atoms with Gasteiger partial charge >= 0.3 is 6.09 Å². The number of amides is 1. The summed E-state index contributed by atoms with van der Waals surface area (Å²) in [7, 11) is 1.68. The number of hydrogen-bond donors (Lipinski definition) is 0. The van der Waals surface area contributed by atoms with Crippen LogP contribution in [0.1, 0.15) is 26.3 Å². The van der Waals surface area contributed by atoms with Crippen LogP contribution in [-0.2, 0) is 68.2 Å². The summed E-state index contributed by atoms with van der Waals surface area (Å²) in [6.45, 7) is 18.0. The van der Waals surface area contributed by atoms with Gasteiger partial charge in [0, 0.05) is 13.6 Å². The molecule has 15 heteroatoms. The van der Waals surface area contributed by atoms with E-state index in [0.717, 1.165) is 5.56 Å². The lowest BCUT2D eigenvalue weighted by Crippen LogP contribution is -2.36. The monoisotopic (exact) mass is 749 g/mol. The van der Waals surface area contributed by atoms with Crippen molar-refractivity contribution >= 4 is 6.09 Å². The molecule has 1 amide bonds. The fourth-order valence-corrected chi connectivity index (χ4v) is 3.82. The number of nitrogens with zero attached hydrogens (tertiary/aromatic N) is 1. The summed E-state index contributed by atoms with van der Waals surface area (Å²) < 4.78 is 71.2. The maximum Gasteiger partial charge on any atom is 0.410 e. The molecule has 0 bridgehead atoms. The van der Waals surface area contributed by atoms with Crippen LogP contribution in [0, 0.1) is 0 Å². The molecule has 52 heavy (non-hydrogen) atoms. The molecule has 15 nitrogen and oxygen atoms in total. The van der Waals surface area contributed by atoms with E-state index in [1.807, 2.05) is 51.1 Å². The number of likely N-dealkylation sites (N-methyl/N-ethyl adjacent to an activating group) is 1. The van der Waals surface area contributed by atoms with E-state index in [1.54, 1.807) is 7.05 Å². The molecule has 0 aliphatic rings. The summed E-state index contributed by atoms with van der Waals surface area (Å²) in [5.74, 6) is 0. The molecule has 0 atom stereocenters. The quantitative estimate of drug-likeness (QED) is 0.0914. The predicted molar refractivity (Wildman–Crippen MR) is 194 cm³/mol. The first-order valence-electron chi connectivity index (χ1n) is 18.3. The van der Waals surface area contributed by atoms with E-state index in [-0.39, 0.29) is 6.09 Å². The molecule has 0 aliphatic heterocycles. The number of benzene rings is 1. The van der Waals surface area contributed by atoms with Crippen LogP contribution < -0.4 is 0 Å². The third kappa shape index (κ3) is 35.1. The fourth-order valence-electron chi connectivity index (χ4n) is 3.82. The lowest BCUT2D eigenvalue weighted by molar-refractivity contribution is -0.0286. The van der Waals surface area contributed by atoms with Crippen molar-refractivity contribution in [2.45, 2.75) is 33.0 Å². The van der Waals surface area contributed by atoms with E-state index in [2.05, 4.69) is 0 Å². The molecular formula is C37H67NO14. The smallest absolute Gasteiger partial charge is 0.410 e. The van der Waals surface area contributed by atoms with Crippen LogP contribution in [0.15, 0.2) is 30.3 Å². The zero-order chi connectivity index (χ0) is 37.6. The third-order valence-electron chi connectivity index (χ3n) is 6.48. The highest BCUT2D eigenvalue weighted by atomic mass is 16.6. The zero-order valence-corrected chi connectivity index (χ0v) is 32.2. The first kappa shape index (κ1) is 48.0. The maximum absolute atomic E-state index is 11.9. The van der Waals surface area contributed by atoms with Crippen molar-refractivity contribution in [3.63, 3.8) is 0 Å². The first-order valence-corrected chi connectivity index (χ1v) is 18.3. The number of rotatable bonds is 38. The van der Waals surface area contributed by atoms with E-state index in [9.17, 15) is 4.79 Å². The third-order valence-corrected chi connectivity index (χ3v) is 6.48. The van der Waals surface area contributed by atoms with Crippen LogP contribution >= 0.6 is 0 Å². The minimum Gasteiger partial charge on any atom is -0.444 e. The molecule has 1 aromatic rings. The van der Waals surface area contributed by atoms with Gasteiger partial charge in [-0.05, 0) is 26.3 Å².